The molecule has 0 saturated carbocycles. The van der Waals surface area contributed by atoms with Crippen molar-refractivity contribution in [3.05, 3.63) is 52.8 Å². The standard InChI is InChI=1S/C18H24N6O/c1-21-14-19-10-15(18(21)25)11-22-12-16(13-22)23-6-8-24(9-7-23)17-4-2-3-5-20-17/h2-5,10,14,16H,6-9,11-13H2,1H3. The van der Waals surface area contributed by atoms with Gasteiger partial charge < -0.3 is 9.47 Å². The Balaban J connectivity index is 1.26. The van der Waals surface area contributed by atoms with Crippen LogP contribution in [0.25, 0.3) is 0 Å². The molecular weight excluding hydrogens is 316 g/mol. The lowest BCUT2D eigenvalue weighted by Gasteiger charge is -2.48. The third-order valence-electron chi connectivity index (χ3n) is 5.20. The number of hydrogen-bond acceptors (Lipinski definition) is 6. The fourth-order valence-electron chi connectivity index (χ4n) is 3.67. The normalized spacial score (nSPS) is 19.8. The minimum absolute atomic E-state index is 0.0578. The van der Waals surface area contributed by atoms with E-state index in [1.54, 1.807) is 24.1 Å². The van der Waals surface area contributed by atoms with Crippen LogP contribution >= 0.6 is 0 Å². The molecule has 2 aliphatic heterocycles. The first kappa shape index (κ1) is 16.2. The Labute approximate surface area is 147 Å². The molecule has 0 amide bonds. The molecule has 2 saturated heterocycles. The van der Waals surface area contributed by atoms with Crippen molar-refractivity contribution in [2.45, 2.75) is 12.6 Å². The summed E-state index contributed by atoms with van der Waals surface area (Å²) in [5.41, 5.74) is 0.839. The van der Waals surface area contributed by atoms with Crippen molar-refractivity contribution >= 4 is 5.82 Å². The van der Waals surface area contributed by atoms with Crippen molar-refractivity contribution in [3.8, 4) is 0 Å². The van der Waals surface area contributed by atoms with Gasteiger partial charge >= 0.3 is 0 Å². The van der Waals surface area contributed by atoms with Gasteiger partial charge in [0.2, 0.25) is 0 Å². The van der Waals surface area contributed by atoms with E-state index in [1.165, 1.54) is 0 Å². The highest BCUT2D eigenvalue weighted by Crippen LogP contribution is 2.20. The molecule has 0 aliphatic carbocycles. The van der Waals surface area contributed by atoms with Crippen molar-refractivity contribution < 1.29 is 0 Å². The highest BCUT2D eigenvalue weighted by atomic mass is 16.1. The lowest BCUT2D eigenvalue weighted by molar-refractivity contribution is 0.0252. The quantitative estimate of drug-likeness (QED) is 0.792. The first-order valence-electron chi connectivity index (χ1n) is 8.82. The third-order valence-corrected chi connectivity index (χ3v) is 5.20. The topological polar surface area (TPSA) is 57.5 Å². The fraction of sp³-hybridized carbons (Fsp3) is 0.500. The summed E-state index contributed by atoms with van der Waals surface area (Å²) in [6, 6.07) is 6.68. The fourth-order valence-corrected chi connectivity index (χ4v) is 3.67. The van der Waals surface area contributed by atoms with Gasteiger partial charge in [-0.25, -0.2) is 9.97 Å². The predicted molar refractivity (Wildman–Crippen MR) is 96.6 cm³/mol. The minimum atomic E-state index is 0.0578. The Morgan fingerprint density at radius 1 is 1.16 bits per heavy atom. The maximum absolute atomic E-state index is 12.1. The van der Waals surface area contributed by atoms with Crippen LogP contribution in [-0.2, 0) is 13.6 Å². The molecule has 0 radical (unpaired) electrons. The van der Waals surface area contributed by atoms with E-state index in [0.717, 1.165) is 50.6 Å². The zero-order valence-electron chi connectivity index (χ0n) is 14.6. The van der Waals surface area contributed by atoms with Crippen molar-refractivity contribution in [2.24, 2.45) is 7.05 Å². The summed E-state index contributed by atoms with van der Waals surface area (Å²) in [6.07, 6.45) is 5.11. The van der Waals surface area contributed by atoms with Gasteiger partial charge in [0.25, 0.3) is 5.56 Å². The molecule has 2 aliphatic rings. The molecule has 4 heterocycles. The SMILES string of the molecule is Cn1cncc(CN2CC(N3CCN(c4ccccn4)CC3)C2)c1=O. The molecule has 7 nitrogen and oxygen atoms in total. The van der Waals surface area contributed by atoms with E-state index in [0.29, 0.717) is 12.6 Å². The van der Waals surface area contributed by atoms with Gasteiger partial charge in [-0.3, -0.25) is 14.6 Å². The molecule has 0 spiro atoms. The van der Waals surface area contributed by atoms with Crippen molar-refractivity contribution in [1.29, 1.82) is 0 Å². The second kappa shape index (κ2) is 6.93. The molecule has 0 bridgehead atoms. The first-order valence-corrected chi connectivity index (χ1v) is 8.82. The average Bonchev–Trinajstić information content (AvgIpc) is 2.62. The number of nitrogens with zero attached hydrogens (tertiary/aromatic N) is 6. The summed E-state index contributed by atoms with van der Waals surface area (Å²) in [5, 5.41) is 0. The molecule has 4 rings (SSSR count). The van der Waals surface area contributed by atoms with Crippen LogP contribution in [0.5, 0.6) is 0 Å². The van der Waals surface area contributed by atoms with Gasteiger partial charge in [0.1, 0.15) is 5.82 Å². The van der Waals surface area contributed by atoms with Crippen LogP contribution in [0, 0.1) is 0 Å². The summed E-state index contributed by atoms with van der Waals surface area (Å²) >= 11 is 0. The van der Waals surface area contributed by atoms with E-state index in [9.17, 15) is 4.79 Å². The van der Waals surface area contributed by atoms with E-state index in [1.807, 2.05) is 18.3 Å². The molecule has 2 fully saturated rings. The van der Waals surface area contributed by atoms with Crippen molar-refractivity contribution in [1.82, 2.24) is 24.3 Å². The predicted octanol–water partition coefficient (Wildman–Crippen LogP) is 0.182. The Morgan fingerprint density at radius 2 is 1.96 bits per heavy atom. The van der Waals surface area contributed by atoms with Gasteiger partial charge in [-0.05, 0) is 12.1 Å². The van der Waals surface area contributed by atoms with Crippen LogP contribution < -0.4 is 10.5 Å². The number of aryl methyl sites for hydroxylation is 1. The largest absolute Gasteiger partial charge is 0.354 e. The number of rotatable bonds is 4. The second-order valence-electron chi connectivity index (χ2n) is 6.89. The third kappa shape index (κ3) is 3.43. The molecular formula is C18H24N6O. The Bertz CT molecular complexity index is 763. The highest BCUT2D eigenvalue weighted by molar-refractivity contribution is 5.38. The van der Waals surface area contributed by atoms with Crippen molar-refractivity contribution in [3.63, 3.8) is 0 Å². The smallest absolute Gasteiger partial charge is 0.257 e. The number of piperazine rings is 1. The van der Waals surface area contributed by atoms with Gasteiger partial charge in [0.05, 0.1) is 6.33 Å². The van der Waals surface area contributed by atoms with Gasteiger partial charge in [0.15, 0.2) is 0 Å². The van der Waals surface area contributed by atoms with Crippen LogP contribution in [0.3, 0.4) is 0 Å². The van der Waals surface area contributed by atoms with Gasteiger partial charge in [-0.15, -0.1) is 0 Å². The zero-order chi connectivity index (χ0) is 17.2. The molecule has 2 aromatic rings. The number of pyridine rings is 1. The lowest BCUT2D eigenvalue weighted by Crippen LogP contribution is -2.62. The molecule has 132 valence electrons. The molecule has 7 heteroatoms. The average molecular weight is 340 g/mol. The monoisotopic (exact) mass is 340 g/mol. The van der Waals surface area contributed by atoms with E-state index < -0.39 is 0 Å². The molecule has 0 N–H and O–H groups in total. The number of aromatic nitrogens is 3. The first-order chi connectivity index (χ1) is 12.2. The summed E-state index contributed by atoms with van der Waals surface area (Å²) in [5.74, 6) is 1.07. The summed E-state index contributed by atoms with van der Waals surface area (Å²) < 4.78 is 1.55. The van der Waals surface area contributed by atoms with Gasteiger partial charge in [0, 0.05) is 76.9 Å². The maximum atomic E-state index is 12.1. The number of likely N-dealkylation sites (tertiary alicyclic amines) is 1. The van der Waals surface area contributed by atoms with Gasteiger partial charge in [-0.2, -0.15) is 0 Å². The highest BCUT2D eigenvalue weighted by Gasteiger charge is 2.33. The van der Waals surface area contributed by atoms with Crippen LogP contribution in [0.4, 0.5) is 5.82 Å². The molecule has 0 atom stereocenters. The van der Waals surface area contributed by atoms with Crippen LogP contribution in [0.1, 0.15) is 5.56 Å². The summed E-state index contributed by atoms with van der Waals surface area (Å²) in [7, 11) is 1.75. The van der Waals surface area contributed by atoms with Crippen LogP contribution in [0.15, 0.2) is 41.7 Å². The molecule has 25 heavy (non-hydrogen) atoms. The van der Waals surface area contributed by atoms with E-state index in [2.05, 4.69) is 30.7 Å². The minimum Gasteiger partial charge on any atom is -0.354 e. The Kier molecular flexibility index (Phi) is 4.50. The van der Waals surface area contributed by atoms with Crippen LogP contribution in [-0.4, -0.2) is 69.6 Å². The summed E-state index contributed by atoms with van der Waals surface area (Å²) in [4.78, 5) is 27.9. The Morgan fingerprint density at radius 3 is 2.68 bits per heavy atom. The number of hydrogen-bond donors (Lipinski definition) is 0. The number of anilines is 1. The summed E-state index contributed by atoms with van der Waals surface area (Å²) in [6.45, 7) is 6.95. The Hall–Kier alpha value is -2.25. The van der Waals surface area contributed by atoms with Crippen molar-refractivity contribution in [2.75, 3.05) is 44.2 Å². The second-order valence-corrected chi connectivity index (χ2v) is 6.89. The van der Waals surface area contributed by atoms with E-state index in [-0.39, 0.29) is 5.56 Å². The lowest BCUT2D eigenvalue weighted by atomic mass is 10.1. The van der Waals surface area contributed by atoms with Crippen LogP contribution in [0.2, 0.25) is 0 Å². The zero-order valence-corrected chi connectivity index (χ0v) is 14.6. The molecule has 0 aromatic carbocycles. The molecule has 0 unspecified atom stereocenters. The van der Waals surface area contributed by atoms with E-state index >= 15 is 0 Å². The maximum Gasteiger partial charge on any atom is 0.257 e. The van der Waals surface area contributed by atoms with Gasteiger partial charge in [-0.1, -0.05) is 6.07 Å². The molecule has 2 aromatic heterocycles. The van der Waals surface area contributed by atoms with E-state index in [4.69, 9.17) is 0 Å².